The van der Waals surface area contributed by atoms with Crippen LogP contribution in [-0.4, -0.2) is 6.54 Å². The van der Waals surface area contributed by atoms with Crippen LogP contribution < -0.4 is 5.32 Å². The van der Waals surface area contributed by atoms with Crippen molar-refractivity contribution in [2.75, 3.05) is 6.54 Å². The molecule has 0 fully saturated rings. The van der Waals surface area contributed by atoms with Gasteiger partial charge in [-0.1, -0.05) is 39.3 Å². The maximum atomic E-state index is 6.14. The third kappa shape index (κ3) is 5.60. The van der Waals surface area contributed by atoms with Gasteiger partial charge in [-0.05, 0) is 53.2 Å². The van der Waals surface area contributed by atoms with E-state index in [9.17, 15) is 0 Å². The van der Waals surface area contributed by atoms with Crippen LogP contribution >= 0.6 is 38.9 Å². The lowest BCUT2D eigenvalue weighted by Crippen LogP contribution is -2.23. The summed E-state index contributed by atoms with van der Waals surface area (Å²) in [6, 6.07) is 2.58. The predicted molar refractivity (Wildman–Crippen MR) is 86.8 cm³/mol. The lowest BCUT2D eigenvalue weighted by Gasteiger charge is -2.23. The molecule has 1 nitrogen and oxygen atoms in total. The average molecular weight is 353 g/mol. The Balaban J connectivity index is 2.71. The lowest BCUT2D eigenvalue weighted by molar-refractivity contribution is 0.333. The van der Waals surface area contributed by atoms with Crippen LogP contribution in [0.1, 0.15) is 57.9 Å². The Morgan fingerprint density at radius 3 is 2.56 bits per heavy atom. The fourth-order valence-electron chi connectivity index (χ4n) is 1.78. The molecule has 0 bridgehead atoms. The minimum Gasteiger partial charge on any atom is -0.309 e. The summed E-state index contributed by atoms with van der Waals surface area (Å²) in [6.07, 6.45) is 3.53. The van der Waals surface area contributed by atoms with Gasteiger partial charge in [0.2, 0.25) is 0 Å². The molecular formula is C14H23BrClNS. The third-order valence-corrected chi connectivity index (χ3v) is 5.42. The normalized spacial score (nSPS) is 13.9. The summed E-state index contributed by atoms with van der Waals surface area (Å²) < 4.78 is 1.87. The summed E-state index contributed by atoms with van der Waals surface area (Å²) in [6.45, 7) is 10.1. The second-order valence-electron chi connectivity index (χ2n) is 5.88. The smallest absolute Gasteiger partial charge is 0.107 e. The van der Waals surface area contributed by atoms with Crippen molar-refractivity contribution in [2.45, 2.75) is 53.0 Å². The van der Waals surface area contributed by atoms with Crippen molar-refractivity contribution in [1.29, 1.82) is 0 Å². The molecule has 4 heteroatoms. The second-order valence-corrected chi connectivity index (χ2v) is 8.42. The first-order valence-corrected chi connectivity index (χ1v) is 8.50. The number of halogens is 2. The highest BCUT2D eigenvalue weighted by Gasteiger charge is 2.19. The van der Waals surface area contributed by atoms with Gasteiger partial charge in [-0.2, -0.15) is 0 Å². The Morgan fingerprint density at radius 2 is 2.11 bits per heavy atom. The largest absolute Gasteiger partial charge is 0.309 e. The van der Waals surface area contributed by atoms with Gasteiger partial charge in [-0.3, -0.25) is 0 Å². The standard InChI is InChI=1S/C14H23BrClNS/c1-5-8-17-11(6-7-14(2,3)4)12-9-10(15)13(16)18-12/h9,11,17H,5-8H2,1-4H3. The van der Waals surface area contributed by atoms with Crippen LogP contribution in [0.4, 0.5) is 0 Å². The number of rotatable bonds is 6. The maximum absolute atomic E-state index is 6.14. The average Bonchev–Trinajstić information content (AvgIpc) is 2.58. The van der Waals surface area contributed by atoms with Gasteiger partial charge in [0, 0.05) is 15.4 Å². The first kappa shape index (κ1) is 16.5. The van der Waals surface area contributed by atoms with Crippen LogP contribution in [0.15, 0.2) is 10.5 Å². The molecule has 1 aromatic heterocycles. The summed E-state index contributed by atoms with van der Waals surface area (Å²) in [5.74, 6) is 0. The molecule has 1 atom stereocenters. The molecule has 1 rings (SSSR count). The molecule has 0 saturated heterocycles. The minimum atomic E-state index is 0.379. The topological polar surface area (TPSA) is 12.0 Å². The van der Waals surface area contributed by atoms with Gasteiger partial charge in [0.1, 0.15) is 4.34 Å². The van der Waals surface area contributed by atoms with Crippen molar-refractivity contribution in [1.82, 2.24) is 5.32 Å². The van der Waals surface area contributed by atoms with Gasteiger partial charge in [-0.15, -0.1) is 11.3 Å². The molecule has 0 aliphatic carbocycles. The minimum absolute atomic E-state index is 0.379. The third-order valence-electron chi connectivity index (χ3n) is 2.83. The molecule has 0 aromatic carbocycles. The summed E-state index contributed by atoms with van der Waals surface area (Å²) >= 11 is 11.3. The van der Waals surface area contributed by atoms with E-state index in [1.54, 1.807) is 11.3 Å². The Hall–Kier alpha value is 0.430. The molecule has 1 N–H and O–H groups in total. The van der Waals surface area contributed by atoms with Crippen LogP contribution in [0.2, 0.25) is 4.34 Å². The molecule has 18 heavy (non-hydrogen) atoms. The molecule has 0 spiro atoms. The zero-order chi connectivity index (χ0) is 13.8. The summed E-state index contributed by atoms with van der Waals surface area (Å²) in [5, 5.41) is 3.63. The summed E-state index contributed by atoms with van der Waals surface area (Å²) in [7, 11) is 0. The van der Waals surface area contributed by atoms with Crippen molar-refractivity contribution < 1.29 is 0 Å². The van der Waals surface area contributed by atoms with Crippen molar-refractivity contribution in [3.05, 3.63) is 19.8 Å². The van der Waals surface area contributed by atoms with Crippen molar-refractivity contribution in [2.24, 2.45) is 5.41 Å². The molecule has 1 aromatic rings. The fourth-order valence-corrected chi connectivity index (χ4v) is 3.62. The van der Waals surface area contributed by atoms with Gasteiger partial charge in [0.15, 0.2) is 0 Å². The van der Waals surface area contributed by atoms with Crippen molar-refractivity contribution in [3.63, 3.8) is 0 Å². The quantitative estimate of drug-likeness (QED) is 0.659. The van der Waals surface area contributed by atoms with E-state index in [-0.39, 0.29) is 0 Å². The van der Waals surface area contributed by atoms with E-state index in [1.807, 2.05) is 0 Å². The fraction of sp³-hybridized carbons (Fsp3) is 0.714. The zero-order valence-corrected chi connectivity index (χ0v) is 14.8. The first-order valence-electron chi connectivity index (χ1n) is 6.51. The van der Waals surface area contributed by atoms with Gasteiger partial charge >= 0.3 is 0 Å². The van der Waals surface area contributed by atoms with Gasteiger partial charge in [0.05, 0.1) is 0 Å². The van der Waals surface area contributed by atoms with Crippen LogP contribution in [-0.2, 0) is 0 Å². The maximum Gasteiger partial charge on any atom is 0.107 e. The van der Waals surface area contributed by atoms with Crippen LogP contribution in [0.5, 0.6) is 0 Å². The van der Waals surface area contributed by atoms with Crippen LogP contribution in [0, 0.1) is 5.41 Å². The summed E-state index contributed by atoms with van der Waals surface area (Å²) in [5.41, 5.74) is 0.379. The Bertz CT molecular complexity index is 351. The van der Waals surface area contributed by atoms with E-state index in [2.05, 4.69) is 55.0 Å². The SMILES string of the molecule is CCCNC(CCC(C)(C)C)c1cc(Br)c(Cl)s1. The Labute approximate surface area is 128 Å². The van der Waals surface area contributed by atoms with Gasteiger partial charge in [-0.25, -0.2) is 0 Å². The number of hydrogen-bond donors (Lipinski definition) is 1. The lowest BCUT2D eigenvalue weighted by atomic mass is 9.88. The zero-order valence-electron chi connectivity index (χ0n) is 11.6. The highest BCUT2D eigenvalue weighted by atomic mass is 79.9. The first-order chi connectivity index (χ1) is 8.33. The second kappa shape index (κ2) is 7.28. The van der Waals surface area contributed by atoms with Crippen LogP contribution in [0.25, 0.3) is 0 Å². The highest BCUT2D eigenvalue weighted by Crippen LogP contribution is 2.37. The number of nitrogens with one attached hydrogen (secondary N) is 1. The monoisotopic (exact) mass is 351 g/mol. The van der Waals surface area contributed by atoms with Gasteiger partial charge < -0.3 is 5.32 Å². The van der Waals surface area contributed by atoms with E-state index in [1.165, 1.54) is 11.3 Å². The van der Waals surface area contributed by atoms with E-state index < -0.39 is 0 Å². The molecule has 0 amide bonds. The summed E-state index contributed by atoms with van der Waals surface area (Å²) in [4.78, 5) is 1.34. The molecule has 0 radical (unpaired) electrons. The Morgan fingerprint density at radius 1 is 1.44 bits per heavy atom. The molecule has 0 aliphatic rings. The molecule has 0 saturated carbocycles. The predicted octanol–water partition coefficient (Wildman–Crippen LogP) is 6.03. The molecule has 0 aliphatic heterocycles. The molecule has 104 valence electrons. The van der Waals surface area contributed by atoms with E-state index in [4.69, 9.17) is 11.6 Å². The Kier molecular flexibility index (Phi) is 6.66. The van der Waals surface area contributed by atoms with Crippen molar-refractivity contribution >= 4 is 38.9 Å². The van der Waals surface area contributed by atoms with Crippen LogP contribution in [0.3, 0.4) is 0 Å². The van der Waals surface area contributed by atoms with Crippen molar-refractivity contribution in [3.8, 4) is 0 Å². The van der Waals surface area contributed by atoms with E-state index >= 15 is 0 Å². The molecular weight excluding hydrogens is 330 g/mol. The van der Waals surface area contributed by atoms with E-state index in [0.29, 0.717) is 11.5 Å². The van der Waals surface area contributed by atoms with E-state index in [0.717, 1.165) is 28.2 Å². The van der Waals surface area contributed by atoms with Gasteiger partial charge in [0.25, 0.3) is 0 Å². The molecule has 1 unspecified atom stereocenters. The molecule has 1 heterocycles. The number of hydrogen-bond acceptors (Lipinski definition) is 2. The highest BCUT2D eigenvalue weighted by molar-refractivity contribution is 9.10. The number of thiophene rings is 1.